The van der Waals surface area contributed by atoms with Crippen molar-refractivity contribution in [1.82, 2.24) is 10.3 Å². The van der Waals surface area contributed by atoms with Crippen LogP contribution in [0, 0.1) is 5.92 Å². The zero-order valence-corrected chi connectivity index (χ0v) is 16.7. The maximum Gasteiger partial charge on any atom is 0.0675 e. The zero-order valence-electron chi connectivity index (χ0n) is 16.7. The van der Waals surface area contributed by atoms with Crippen molar-refractivity contribution in [3.63, 3.8) is 0 Å². The predicted molar refractivity (Wildman–Crippen MR) is 118 cm³/mol. The van der Waals surface area contributed by atoms with E-state index in [-0.39, 0.29) is 5.41 Å². The van der Waals surface area contributed by atoms with E-state index in [0.29, 0.717) is 12.0 Å². The summed E-state index contributed by atoms with van der Waals surface area (Å²) < 4.78 is 0. The first kappa shape index (κ1) is 17.0. The van der Waals surface area contributed by atoms with Gasteiger partial charge in [0.25, 0.3) is 0 Å². The maximum atomic E-state index is 5.23. The molecule has 2 aromatic carbocycles. The Morgan fingerprint density at radius 2 is 1.93 bits per heavy atom. The fraction of sp³-hybridized carbons (Fsp3) is 0.320. The van der Waals surface area contributed by atoms with Crippen LogP contribution in [0.25, 0.3) is 0 Å². The first-order chi connectivity index (χ1) is 14.3. The molecule has 6 rings (SSSR count). The monoisotopic (exact) mass is 382 g/mol. The molecule has 2 aromatic rings. The lowest BCUT2D eigenvalue weighted by Crippen LogP contribution is -2.56. The highest BCUT2D eigenvalue weighted by atomic mass is 15.3. The van der Waals surface area contributed by atoms with E-state index in [1.807, 2.05) is 18.2 Å². The summed E-state index contributed by atoms with van der Waals surface area (Å²) in [5.74, 6) is 0.450. The Kier molecular flexibility index (Phi) is 3.72. The number of anilines is 1. The Balaban J connectivity index is 1.44. The van der Waals surface area contributed by atoms with Gasteiger partial charge in [0, 0.05) is 31.2 Å². The van der Waals surface area contributed by atoms with E-state index in [1.54, 1.807) is 0 Å². The van der Waals surface area contributed by atoms with Gasteiger partial charge in [-0.1, -0.05) is 48.0 Å². The number of nitrogens with one attached hydrogen (secondary N) is 2. The lowest BCUT2D eigenvalue weighted by Gasteiger charge is -2.49. The number of fused-ring (bicyclic) bond motifs is 2. The van der Waals surface area contributed by atoms with E-state index >= 15 is 0 Å². The summed E-state index contributed by atoms with van der Waals surface area (Å²) in [5.41, 5.74) is 14.6. The average Bonchev–Trinajstić information content (AvgIpc) is 3.32. The van der Waals surface area contributed by atoms with Crippen molar-refractivity contribution in [3.8, 4) is 0 Å². The number of para-hydroxylation sites is 2. The average molecular weight is 383 g/mol. The van der Waals surface area contributed by atoms with E-state index in [4.69, 9.17) is 4.99 Å². The highest BCUT2D eigenvalue weighted by Gasteiger charge is 2.61. The zero-order chi connectivity index (χ0) is 19.4. The molecule has 1 saturated carbocycles. The Hall–Kier alpha value is -2.85. The van der Waals surface area contributed by atoms with Gasteiger partial charge in [-0.25, -0.2) is 0 Å². The molecule has 3 unspecified atom stereocenters. The first-order valence-electron chi connectivity index (χ1n) is 10.7. The largest absolute Gasteiger partial charge is 0.308 e. The quantitative estimate of drug-likeness (QED) is 0.604. The molecule has 146 valence electrons. The molecule has 4 aliphatic rings. The van der Waals surface area contributed by atoms with E-state index in [1.165, 1.54) is 41.0 Å². The number of hydrogen-bond acceptors (Lipinski definition) is 4. The van der Waals surface area contributed by atoms with Crippen molar-refractivity contribution in [3.05, 3.63) is 83.6 Å². The smallest absolute Gasteiger partial charge is 0.0675 e. The van der Waals surface area contributed by atoms with Crippen LogP contribution in [-0.2, 0) is 5.41 Å². The number of hydrazine groups is 1. The third-order valence-electron chi connectivity index (χ3n) is 7.37. The summed E-state index contributed by atoms with van der Waals surface area (Å²) in [6.45, 7) is 4.43. The van der Waals surface area contributed by atoms with Crippen LogP contribution < -0.4 is 10.9 Å². The van der Waals surface area contributed by atoms with Crippen LogP contribution in [0.3, 0.4) is 0 Å². The molecular formula is C25H26N4. The van der Waals surface area contributed by atoms with Gasteiger partial charge in [-0.2, -0.15) is 0 Å². The predicted octanol–water partition coefficient (Wildman–Crippen LogP) is 4.57. The summed E-state index contributed by atoms with van der Waals surface area (Å²) in [7, 11) is 0. The van der Waals surface area contributed by atoms with Crippen molar-refractivity contribution < 1.29 is 0 Å². The SMILES string of the molecule is CC=C1CN2CCC34C(=Nc5ccccc53)C(=CNNc3ccccc3)C1CC24. The van der Waals surface area contributed by atoms with E-state index in [9.17, 15) is 0 Å². The number of piperidine rings is 1. The summed E-state index contributed by atoms with van der Waals surface area (Å²) in [4.78, 5) is 7.93. The second-order valence-corrected chi connectivity index (χ2v) is 8.57. The highest BCUT2D eigenvalue weighted by Crippen LogP contribution is 2.59. The summed E-state index contributed by atoms with van der Waals surface area (Å²) in [6.07, 6.45) is 6.86. The van der Waals surface area contributed by atoms with Gasteiger partial charge >= 0.3 is 0 Å². The molecule has 1 spiro atoms. The molecule has 2 saturated heterocycles. The second kappa shape index (κ2) is 6.33. The summed E-state index contributed by atoms with van der Waals surface area (Å²) in [6, 6.07) is 19.6. The number of nitrogens with zero attached hydrogens (tertiary/aromatic N) is 2. The molecule has 3 heterocycles. The van der Waals surface area contributed by atoms with E-state index in [2.05, 4.69) is 71.3 Å². The van der Waals surface area contributed by atoms with Crippen molar-refractivity contribution >= 4 is 17.1 Å². The minimum absolute atomic E-state index is 0.0621. The fourth-order valence-corrected chi connectivity index (χ4v) is 6.09. The number of hydrogen-bond donors (Lipinski definition) is 2. The number of benzene rings is 2. The Morgan fingerprint density at radius 1 is 1.10 bits per heavy atom. The molecule has 3 fully saturated rings. The van der Waals surface area contributed by atoms with Crippen LogP contribution in [0.1, 0.15) is 25.3 Å². The van der Waals surface area contributed by atoms with Gasteiger partial charge in [0.15, 0.2) is 0 Å². The van der Waals surface area contributed by atoms with Gasteiger partial charge in [-0.3, -0.25) is 9.89 Å². The maximum absolute atomic E-state index is 5.23. The van der Waals surface area contributed by atoms with Crippen LogP contribution in [0.15, 0.2) is 83.0 Å². The molecule has 4 heteroatoms. The molecule has 3 atom stereocenters. The van der Waals surface area contributed by atoms with Gasteiger partial charge < -0.3 is 10.9 Å². The second-order valence-electron chi connectivity index (χ2n) is 8.57. The fourth-order valence-electron chi connectivity index (χ4n) is 6.09. The molecule has 2 bridgehead atoms. The van der Waals surface area contributed by atoms with Crippen molar-refractivity contribution in [2.75, 3.05) is 18.5 Å². The van der Waals surface area contributed by atoms with Gasteiger partial charge in [-0.15, -0.1) is 0 Å². The van der Waals surface area contributed by atoms with Gasteiger partial charge in [0.05, 0.1) is 22.5 Å². The number of allylic oxidation sites excluding steroid dienone is 2. The lowest BCUT2D eigenvalue weighted by atomic mass is 9.59. The third kappa shape index (κ3) is 2.32. The molecule has 3 aliphatic heterocycles. The minimum atomic E-state index is 0.0621. The molecule has 2 N–H and O–H groups in total. The van der Waals surface area contributed by atoms with Gasteiger partial charge in [0.1, 0.15) is 0 Å². The van der Waals surface area contributed by atoms with Crippen molar-refractivity contribution in [1.29, 1.82) is 0 Å². The minimum Gasteiger partial charge on any atom is -0.308 e. The molecule has 0 aromatic heterocycles. The topological polar surface area (TPSA) is 39.7 Å². The van der Waals surface area contributed by atoms with Crippen LogP contribution >= 0.6 is 0 Å². The normalized spacial score (nSPS) is 32.1. The first-order valence-corrected chi connectivity index (χ1v) is 10.7. The Bertz CT molecular complexity index is 1050. The third-order valence-corrected chi connectivity index (χ3v) is 7.37. The molecule has 1 aliphatic carbocycles. The molecule has 29 heavy (non-hydrogen) atoms. The molecular weight excluding hydrogens is 356 g/mol. The van der Waals surface area contributed by atoms with Crippen LogP contribution in [0.2, 0.25) is 0 Å². The Morgan fingerprint density at radius 3 is 2.79 bits per heavy atom. The molecule has 0 radical (unpaired) electrons. The van der Waals surface area contributed by atoms with Crippen molar-refractivity contribution in [2.45, 2.75) is 31.2 Å². The Labute approximate surface area is 172 Å². The van der Waals surface area contributed by atoms with E-state index in [0.717, 1.165) is 18.8 Å². The van der Waals surface area contributed by atoms with Crippen LogP contribution in [0.5, 0.6) is 0 Å². The standard InChI is InChI=1S/C25H26N4/c1-2-17-16-29-13-12-25-21-10-6-7-11-22(21)27-24(25)20(19(17)14-23(25)29)15-26-28-18-8-4-3-5-9-18/h2-11,15,19,23,26,28H,12-14,16H2,1H3. The molecule has 0 amide bonds. The number of aliphatic imine (C=N–C) groups is 1. The van der Waals surface area contributed by atoms with Crippen LogP contribution in [-0.4, -0.2) is 29.7 Å². The van der Waals surface area contributed by atoms with Crippen LogP contribution in [0.4, 0.5) is 11.4 Å². The van der Waals surface area contributed by atoms with Crippen molar-refractivity contribution in [2.24, 2.45) is 10.9 Å². The lowest BCUT2D eigenvalue weighted by molar-refractivity contribution is 0.179. The summed E-state index contributed by atoms with van der Waals surface area (Å²) >= 11 is 0. The highest BCUT2D eigenvalue weighted by molar-refractivity contribution is 6.15. The molecule has 4 nitrogen and oxygen atoms in total. The van der Waals surface area contributed by atoms with Gasteiger partial charge in [-0.05, 0) is 49.1 Å². The van der Waals surface area contributed by atoms with Gasteiger partial charge in [0.2, 0.25) is 0 Å². The number of rotatable bonds is 3. The summed E-state index contributed by atoms with van der Waals surface area (Å²) in [5, 5.41) is 0. The van der Waals surface area contributed by atoms with E-state index < -0.39 is 0 Å².